The van der Waals surface area contributed by atoms with Gasteiger partial charge in [-0.3, -0.25) is 4.79 Å². The van der Waals surface area contributed by atoms with Gasteiger partial charge in [-0.15, -0.1) is 11.6 Å². The van der Waals surface area contributed by atoms with Gasteiger partial charge in [0, 0.05) is 12.3 Å². The van der Waals surface area contributed by atoms with E-state index in [2.05, 4.69) is 5.32 Å². The van der Waals surface area contributed by atoms with Gasteiger partial charge in [0.25, 0.3) is 0 Å². The van der Waals surface area contributed by atoms with Crippen LogP contribution in [-0.2, 0) is 10.3 Å². The maximum atomic E-state index is 11.9. The highest BCUT2D eigenvalue weighted by molar-refractivity contribution is 6.18. The number of carbonyl (C=O) groups excluding carboxylic acids is 1. The third-order valence-electron chi connectivity index (χ3n) is 3.26. The van der Waals surface area contributed by atoms with Crippen LogP contribution in [-0.4, -0.2) is 11.8 Å². The van der Waals surface area contributed by atoms with Crippen molar-refractivity contribution in [2.24, 2.45) is 5.92 Å². The second-order valence-electron chi connectivity index (χ2n) is 5.03. The summed E-state index contributed by atoms with van der Waals surface area (Å²) in [6.07, 6.45) is 3.02. The van der Waals surface area contributed by atoms with Gasteiger partial charge < -0.3 is 5.32 Å². The lowest BCUT2D eigenvalue weighted by atomic mass is 9.94. The van der Waals surface area contributed by atoms with Gasteiger partial charge >= 0.3 is 0 Å². The smallest absolute Gasteiger partial charge is 0.220 e. The van der Waals surface area contributed by atoms with Crippen molar-refractivity contribution in [1.29, 1.82) is 0 Å². The first-order valence-corrected chi connectivity index (χ1v) is 6.60. The number of alkyl halides is 1. The molecule has 0 aliphatic heterocycles. The topological polar surface area (TPSA) is 29.1 Å². The van der Waals surface area contributed by atoms with Crippen molar-refractivity contribution < 1.29 is 4.79 Å². The average molecular weight is 252 g/mol. The van der Waals surface area contributed by atoms with Crippen molar-refractivity contribution in [2.75, 3.05) is 5.88 Å². The van der Waals surface area contributed by atoms with Gasteiger partial charge in [-0.05, 0) is 31.2 Å². The molecular formula is C14H18ClNO. The van der Waals surface area contributed by atoms with Crippen molar-refractivity contribution in [3.05, 3.63) is 35.9 Å². The number of halogens is 1. The summed E-state index contributed by atoms with van der Waals surface area (Å²) in [5, 5.41) is 3.06. The average Bonchev–Trinajstić information content (AvgIpc) is 3.13. The van der Waals surface area contributed by atoms with Crippen molar-refractivity contribution in [1.82, 2.24) is 5.32 Å². The summed E-state index contributed by atoms with van der Waals surface area (Å²) >= 11 is 6.02. The Morgan fingerprint density at radius 2 is 2.06 bits per heavy atom. The summed E-state index contributed by atoms with van der Waals surface area (Å²) in [6, 6.07) is 9.89. The molecule has 0 radical (unpaired) electrons. The molecule has 0 aromatic heterocycles. The van der Waals surface area contributed by atoms with Crippen LogP contribution >= 0.6 is 11.6 Å². The number of rotatable bonds is 5. The molecule has 2 nitrogen and oxygen atoms in total. The van der Waals surface area contributed by atoms with Crippen molar-refractivity contribution in [3.63, 3.8) is 0 Å². The molecule has 1 atom stereocenters. The minimum atomic E-state index is -0.464. The van der Waals surface area contributed by atoms with Gasteiger partial charge in [-0.25, -0.2) is 0 Å². The van der Waals surface area contributed by atoms with E-state index in [-0.39, 0.29) is 5.91 Å². The lowest BCUT2D eigenvalue weighted by molar-refractivity contribution is -0.123. The Bertz CT molecular complexity index is 388. The molecule has 1 amide bonds. The molecule has 1 fully saturated rings. The Hall–Kier alpha value is -1.02. The molecule has 0 saturated heterocycles. The normalized spacial score (nSPS) is 18.5. The van der Waals surface area contributed by atoms with Gasteiger partial charge in [0.15, 0.2) is 0 Å². The summed E-state index contributed by atoms with van der Waals surface area (Å²) in [5.41, 5.74) is 0.591. The molecule has 1 saturated carbocycles. The zero-order valence-corrected chi connectivity index (χ0v) is 10.8. The van der Waals surface area contributed by atoms with E-state index in [1.807, 2.05) is 37.3 Å². The van der Waals surface area contributed by atoms with Gasteiger partial charge in [0.1, 0.15) is 0 Å². The van der Waals surface area contributed by atoms with Crippen LogP contribution in [0.25, 0.3) is 0 Å². The molecule has 1 N–H and O–H groups in total. The first-order chi connectivity index (χ1) is 8.14. The monoisotopic (exact) mass is 251 g/mol. The van der Waals surface area contributed by atoms with Crippen LogP contribution in [0, 0.1) is 5.92 Å². The van der Waals surface area contributed by atoms with E-state index in [4.69, 9.17) is 11.6 Å². The number of benzene rings is 1. The van der Waals surface area contributed by atoms with Crippen LogP contribution in [0.2, 0.25) is 0 Å². The Balaban J connectivity index is 2.05. The Labute approximate surface area is 107 Å². The van der Waals surface area contributed by atoms with Gasteiger partial charge in [-0.1, -0.05) is 30.3 Å². The summed E-state index contributed by atoms with van der Waals surface area (Å²) in [4.78, 5) is 11.9. The maximum Gasteiger partial charge on any atom is 0.220 e. The van der Waals surface area contributed by atoms with Gasteiger partial charge in [0.05, 0.1) is 5.54 Å². The van der Waals surface area contributed by atoms with Crippen LogP contribution < -0.4 is 5.32 Å². The zero-order chi connectivity index (χ0) is 12.3. The first kappa shape index (κ1) is 12.4. The molecule has 0 spiro atoms. The van der Waals surface area contributed by atoms with Gasteiger partial charge in [-0.2, -0.15) is 0 Å². The Morgan fingerprint density at radius 1 is 1.41 bits per heavy atom. The minimum Gasteiger partial charge on any atom is -0.346 e. The predicted molar refractivity (Wildman–Crippen MR) is 70.0 cm³/mol. The van der Waals surface area contributed by atoms with E-state index in [9.17, 15) is 4.79 Å². The number of amides is 1. The number of hydrogen-bond donors (Lipinski definition) is 1. The molecule has 2 rings (SSSR count). The molecule has 3 heteroatoms. The third kappa shape index (κ3) is 3.22. The van der Waals surface area contributed by atoms with Crippen molar-refractivity contribution in [3.8, 4) is 0 Å². The highest BCUT2D eigenvalue weighted by Gasteiger charge is 2.30. The van der Waals surface area contributed by atoms with E-state index < -0.39 is 5.54 Å². The van der Waals surface area contributed by atoms with Crippen LogP contribution in [0.1, 0.15) is 31.7 Å². The molecule has 17 heavy (non-hydrogen) atoms. The van der Waals surface area contributed by atoms with Crippen LogP contribution in [0.3, 0.4) is 0 Å². The predicted octanol–water partition coefficient (Wildman–Crippen LogP) is 3.06. The number of nitrogens with one attached hydrogen (secondary N) is 1. The quantitative estimate of drug-likeness (QED) is 0.801. The highest BCUT2D eigenvalue weighted by atomic mass is 35.5. The van der Waals surface area contributed by atoms with E-state index >= 15 is 0 Å². The van der Waals surface area contributed by atoms with E-state index in [1.54, 1.807) is 0 Å². The summed E-state index contributed by atoms with van der Waals surface area (Å²) < 4.78 is 0. The second-order valence-corrected chi connectivity index (χ2v) is 5.29. The first-order valence-electron chi connectivity index (χ1n) is 6.06. The Kier molecular flexibility index (Phi) is 3.72. The molecule has 1 unspecified atom stereocenters. The zero-order valence-electron chi connectivity index (χ0n) is 10.1. The van der Waals surface area contributed by atoms with Crippen LogP contribution in [0.4, 0.5) is 0 Å². The number of hydrogen-bond acceptors (Lipinski definition) is 1. The molecule has 1 aromatic carbocycles. The summed E-state index contributed by atoms with van der Waals surface area (Å²) in [5.74, 6) is 1.10. The summed E-state index contributed by atoms with van der Waals surface area (Å²) in [7, 11) is 0. The molecule has 1 aliphatic rings. The standard InChI is InChI=1S/C14H18ClNO/c1-14(10-15,12-5-3-2-4-6-12)16-13(17)9-11-7-8-11/h2-6,11H,7-10H2,1H3,(H,16,17). The van der Waals surface area contributed by atoms with E-state index in [1.165, 1.54) is 12.8 Å². The van der Waals surface area contributed by atoms with Gasteiger partial charge in [0.2, 0.25) is 5.91 Å². The second kappa shape index (κ2) is 5.09. The fourth-order valence-electron chi connectivity index (χ4n) is 1.93. The van der Waals surface area contributed by atoms with E-state index in [0.717, 1.165) is 5.56 Å². The maximum absolute atomic E-state index is 11.9. The molecule has 1 aromatic rings. The lowest BCUT2D eigenvalue weighted by Gasteiger charge is -2.29. The molecule has 92 valence electrons. The fraction of sp³-hybridized carbons (Fsp3) is 0.500. The molecule has 1 aliphatic carbocycles. The van der Waals surface area contributed by atoms with Crippen LogP contribution in [0.5, 0.6) is 0 Å². The highest BCUT2D eigenvalue weighted by Crippen LogP contribution is 2.33. The lowest BCUT2D eigenvalue weighted by Crippen LogP contribution is -2.45. The van der Waals surface area contributed by atoms with E-state index in [0.29, 0.717) is 18.2 Å². The SMILES string of the molecule is CC(CCl)(NC(=O)CC1CC1)c1ccccc1. The largest absolute Gasteiger partial charge is 0.346 e. The molecule has 0 heterocycles. The Morgan fingerprint density at radius 3 is 2.59 bits per heavy atom. The fourth-order valence-corrected chi connectivity index (χ4v) is 2.15. The van der Waals surface area contributed by atoms with Crippen molar-refractivity contribution in [2.45, 2.75) is 31.7 Å². The molecular weight excluding hydrogens is 234 g/mol. The molecule has 0 bridgehead atoms. The summed E-state index contributed by atoms with van der Waals surface area (Å²) in [6.45, 7) is 1.97. The van der Waals surface area contributed by atoms with Crippen molar-refractivity contribution >= 4 is 17.5 Å². The number of carbonyl (C=O) groups is 1. The van der Waals surface area contributed by atoms with Crippen LogP contribution in [0.15, 0.2) is 30.3 Å². The minimum absolute atomic E-state index is 0.111. The third-order valence-corrected chi connectivity index (χ3v) is 3.80.